The molecule has 0 aliphatic heterocycles. The molecule has 0 saturated heterocycles. The van der Waals surface area contributed by atoms with Crippen LogP contribution in [0.3, 0.4) is 0 Å². The first-order valence-corrected chi connectivity index (χ1v) is 9.01. The van der Waals surface area contributed by atoms with E-state index < -0.39 is 6.10 Å². The highest BCUT2D eigenvalue weighted by atomic mass is 35.5. The molecule has 1 aromatic heterocycles. The lowest BCUT2D eigenvalue weighted by Gasteiger charge is -2.15. The fourth-order valence-corrected chi connectivity index (χ4v) is 3.44. The third kappa shape index (κ3) is 3.21. The van der Waals surface area contributed by atoms with E-state index in [0.29, 0.717) is 28.0 Å². The second-order valence-corrected chi connectivity index (χ2v) is 6.94. The maximum absolute atomic E-state index is 11.0. The van der Waals surface area contributed by atoms with Gasteiger partial charge in [0.2, 0.25) is 0 Å². The number of benzene rings is 3. The summed E-state index contributed by atoms with van der Waals surface area (Å²) in [5.74, 6) is 0.564. The Kier molecular flexibility index (Phi) is 4.68. The van der Waals surface area contributed by atoms with Crippen molar-refractivity contribution in [1.29, 1.82) is 0 Å². The van der Waals surface area contributed by atoms with Crippen molar-refractivity contribution >= 4 is 34.2 Å². The highest BCUT2D eigenvalue weighted by molar-refractivity contribution is 6.31. The molecule has 0 fully saturated rings. The number of fused-ring (bicyclic) bond motifs is 1. The summed E-state index contributed by atoms with van der Waals surface area (Å²) in [6, 6.07) is 22.8. The Bertz CT molecular complexity index is 1060. The summed E-state index contributed by atoms with van der Waals surface area (Å²) in [5, 5.41) is 12.2. The molecule has 4 aromatic rings. The van der Waals surface area contributed by atoms with Crippen molar-refractivity contribution in [3.8, 4) is 0 Å². The van der Waals surface area contributed by atoms with Crippen molar-refractivity contribution in [2.24, 2.45) is 0 Å². The summed E-state index contributed by atoms with van der Waals surface area (Å²) in [7, 11) is 0. The lowest BCUT2D eigenvalue weighted by atomic mass is 10.1. The first-order chi connectivity index (χ1) is 12.6. The lowest BCUT2D eigenvalue weighted by Crippen LogP contribution is -2.11. The molecule has 0 spiro atoms. The van der Waals surface area contributed by atoms with E-state index in [9.17, 15) is 5.11 Å². The molecular formula is C21H16Cl2N2O. The van der Waals surface area contributed by atoms with Crippen molar-refractivity contribution in [1.82, 2.24) is 9.55 Å². The van der Waals surface area contributed by atoms with Gasteiger partial charge in [-0.2, -0.15) is 0 Å². The van der Waals surface area contributed by atoms with E-state index in [0.717, 1.165) is 16.6 Å². The number of nitrogens with zero attached hydrogens (tertiary/aromatic N) is 2. The largest absolute Gasteiger partial charge is 0.380 e. The molecule has 0 aliphatic rings. The summed E-state index contributed by atoms with van der Waals surface area (Å²) in [6.45, 7) is 0.578. The number of hydrogen-bond donors (Lipinski definition) is 1. The van der Waals surface area contributed by atoms with Crippen molar-refractivity contribution in [3.05, 3.63) is 99.8 Å². The maximum Gasteiger partial charge on any atom is 0.143 e. The average molecular weight is 383 g/mol. The number of aromatic nitrogens is 2. The van der Waals surface area contributed by atoms with Gasteiger partial charge in [0, 0.05) is 22.2 Å². The molecule has 3 aromatic carbocycles. The zero-order valence-corrected chi connectivity index (χ0v) is 15.3. The molecule has 3 nitrogen and oxygen atoms in total. The predicted molar refractivity (Wildman–Crippen MR) is 106 cm³/mol. The monoisotopic (exact) mass is 382 g/mol. The molecule has 0 amide bonds. The van der Waals surface area contributed by atoms with Gasteiger partial charge in [-0.05, 0) is 35.9 Å². The normalized spacial score (nSPS) is 12.4. The minimum atomic E-state index is -0.914. The number of para-hydroxylation sites is 2. The zero-order chi connectivity index (χ0) is 18.1. The van der Waals surface area contributed by atoms with Crippen LogP contribution in [0.15, 0.2) is 72.8 Å². The Balaban J connectivity index is 1.83. The van der Waals surface area contributed by atoms with Crippen LogP contribution in [-0.4, -0.2) is 14.7 Å². The molecule has 1 N–H and O–H groups in total. The molecule has 26 heavy (non-hydrogen) atoms. The fraction of sp³-hybridized carbons (Fsp3) is 0.0952. The molecule has 5 heteroatoms. The van der Waals surface area contributed by atoms with Gasteiger partial charge in [0.15, 0.2) is 0 Å². The zero-order valence-electron chi connectivity index (χ0n) is 13.8. The van der Waals surface area contributed by atoms with Crippen molar-refractivity contribution in [2.75, 3.05) is 0 Å². The topological polar surface area (TPSA) is 38.1 Å². The van der Waals surface area contributed by atoms with Crippen LogP contribution in [0.5, 0.6) is 0 Å². The second kappa shape index (κ2) is 7.12. The van der Waals surface area contributed by atoms with Crippen molar-refractivity contribution < 1.29 is 5.11 Å². The van der Waals surface area contributed by atoms with Crippen LogP contribution in [0, 0.1) is 0 Å². The standard InChI is InChI=1S/C21H16Cl2N2O/c22-15-11-9-14(10-12-15)13-25-19-8-4-3-7-18(19)24-21(25)20(26)16-5-1-2-6-17(16)23/h1-12,20,26H,13H2/t20-/m0/s1. The molecule has 4 rings (SSSR count). The average Bonchev–Trinajstić information content (AvgIpc) is 3.02. The lowest BCUT2D eigenvalue weighted by molar-refractivity contribution is 0.206. The van der Waals surface area contributed by atoms with Crippen LogP contribution in [0.4, 0.5) is 0 Å². The quantitative estimate of drug-likeness (QED) is 0.507. The molecule has 0 unspecified atom stereocenters. The van der Waals surface area contributed by atoms with E-state index >= 15 is 0 Å². The molecular weight excluding hydrogens is 367 g/mol. The Labute approximate surface area is 161 Å². The van der Waals surface area contributed by atoms with Gasteiger partial charge >= 0.3 is 0 Å². The van der Waals surface area contributed by atoms with Gasteiger partial charge in [-0.1, -0.05) is 65.7 Å². The highest BCUT2D eigenvalue weighted by Gasteiger charge is 2.21. The summed E-state index contributed by atoms with van der Waals surface area (Å²) < 4.78 is 2.02. The van der Waals surface area contributed by atoms with E-state index in [1.165, 1.54) is 0 Å². The Morgan fingerprint density at radius 3 is 2.35 bits per heavy atom. The van der Waals surface area contributed by atoms with Crippen molar-refractivity contribution in [2.45, 2.75) is 12.6 Å². The first kappa shape index (κ1) is 17.1. The minimum absolute atomic E-state index is 0.519. The summed E-state index contributed by atoms with van der Waals surface area (Å²) in [5.41, 5.74) is 3.51. The number of imidazole rings is 1. The number of rotatable bonds is 4. The molecule has 1 atom stereocenters. The van der Waals surface area contributed by atoms with Gasteiger partial charge in [-0.3, -0.25) is 0 Å². The van der Waals surface area contributed by atoms with E-state index in [1.807, 2.05) is 71.3 Å². The Hall–Kier alpha value is -2.33. The summed E-state index contributed by atoms with van der Waals surface area (Å²) in [4.78, 5) is 4.67. The second-order valence-electron chi connectivity index (χ2n) is 6.10. The number of aliphatic hydroxyl groups excluding tert-OH is 1. The highest BCUT2D eigenvalue weighted by Crippen LogP contribution is 2.30. The van der Waals surface area contributed by atoms with Crippen LogP contribution >= 0.6 is 23.2 Å². The number of aliphatic hydroxyl groups is 1. The van der Waals surface area contributed by atoms with Crippen molar-refractivity contribution in [3.63, 3.8) is 0 Å². The Morgan fingerprint density at radius 1 is 0.885 bits per heavy atom. The van der Waals surface area contributed by atoms with E-state index in [4.69, 9.17) is 23.2 Å². The predicted octanol–water partition coefficient (Wildman–Crippen LogP) is 5.47. The van der Waals surface area contributed by atoms with Gasteiger partial charge in [-0.15, -0.1) is 0 Å². The van der Waals surface area contributed by atoms with E-state index in [-0.39, 0.29) is 0 Å². The SMILES string of the molecule is O[C@@H](c1ccccc1Cl)c1nc2ccccc2n1Cc1ccc(Cl)cc1. The fourth-order valence-electron chi connectivity index (χ4n) is 3.08. The molecule has 0 bridgehead atoms. The van der Waals surface area contributed by atoms with Gasteiger partial charge < -0.3 is 9.67 Å². The number of halogens is 2. The van der Waals surface area contributed by atoms with Gasteiger partial charge in [0.1, 0.15) is 11.9 Å². The Morgan fingerprint density at radius 2 is 1.58 bits per heavy atom. The van der Waals surface area contributed by atoms with Gasteiger partial charge in [-0.25, -0.2) is 4.98 Å². The first-order valence-electron chi connectivity index (χ1n) is 8.25. The van der Waals surface area contributed by atoms with Crippen LogP contribution < -0.4 is 0 Å². The molecule has 130 valence electrons. The number of hydrogen-bond acceptors (Lipinski definition) is 2. The van der Waals surface area contributed by atoms with E-state index in [2.05, 4.69) is 4.98 Å². The molecule has 0 saturated carbocycles. The smallest absolute Gasteiger partial charge is 0.143 e. The third-order valence-corrected chi connectivity index (χ3v) is 4.98. The van der Waals surface area contributed by atoms with Gasteiger partial charge in [0.25, 0.3) is 0 Å². The van der Waals surface area contributed by atoms with Crippen LogP contribution in [-0.2, 0) is 6.54 Å². The summed E-state index contributed by atoms with van der Waals surface area (Å²) in [6.07, 6.45) is -0.914. The van der Waals surface area contributed by atoms with Crippen LogP contribution in [0.25, 0.3) is 11.0 Å². The van der Waals surface area contributed by atoms with Crippen LogP contribution in [0.2, 0.25) is 10.0 Å². The molecule has 1 heterocycles. The van der Waals surface area contributed by atoms with E-state index in [1.54, 1.807) is 6.07 Å². The third-order valence-electron chi connectivity index (χ3n) is 4.38. The maximum atomic E-state index is 11.0. The van der Waals surface area contributed by atoms with Gasteiger partial charge in [0.05, 0.1) is 11.0 Å². The van der Waals surface area contributed by atoms with Crippen LogP contribution in [0.1, 0.15) is 23.1 Å². The minimum Gasteiger partial charge on any atom is -0.380 e. The summed E-state index contributed by atoms with van der Waals surface area (Å²) >= 11 is 12.3. The molecule has 0 aliphatic carbocycles. The molecule has 0 radical (unpaired) electrons.